The minimum Gasteiger partial charge on any atom is -0.507 e. The smallest absolute Gasteiger partial charge is 0.235 e. The first-order valence-corrected chi connectivity index (χ1v) is 11.8. The summed E-state index contributed by atoms with van der Waals surface area (Å²) in [4.78, 5) is 74.0. The summed E-state index contributed by atoms with van der Waals surface area (Å²) >= 11 is 0. The van der Waals surface area contributed by atoms with E-state index in [-0.39, 0.29) is 24.2 Å². The van der Waals surface area contributed by atoms with Crippen LogP contribution in [0.15, 0.2) is 30.9 Å². The van der Waals surface area contributed by atoms with Gasteiger partial charge in [-0.15, -0.1) is 0 Å². The van der Waals surface area contributed by atoms with E-state index < -0.39 is 70.1 Å². The molecule has 4 N–H and O–H groups in total. The Kier molecular flexibility index (Phi) is 5.40. The molecular weight excluding hydrogens is 466 g/mol. The monoisotopic (exact) mass is 491 g/mol. The highest BCUT2D eigenvalue weighted by atomic mass is 16.3. The number of phenolic OH excluding ortho intramolecular Hbond substituents is 1. The predicted octanol–water partition coefficient (Wildman–Crippen LogP) is 0.666. The SMILES string of the molecule is CC(C)[C@@H]1C(=O)C(C(N)=O)C(=O)[C@@]2(O)C(=O)C3C(=O)c4c(O)ccc(-c5cncnc5)c4C[C@H]3C[C@@H]12. The number of aromatic nitrogens is 2. The molecule has 0 saturated heterocycles. The Balaban J connectivity index is 1.66. The van der Waals surface area contributed by atoms with Crippen molar-refractivity contribution in [3.63, 3.8) is 0 Å². The van der Waals surface area contributed by atoms with Gasteiger partial charge in [0, 0.05) is 29.8 Å². The van der Waals surface area contributed by atoms with Gasteiger partial charge in [-0.25, -0.2) is 9.97 Å². The molecule has 3 aliphatic carbocycles. The molecule has 10 nitrogen and oxygen atoms in total. The number of nitrogens with zero attached hydrogens (tertiary/aromatic N) is 2. The zero-order valence-corrected chi connectivity index (χ0v) is 19.7. The first-order valence-electron chi connectivity index (χ1n) is 11.8. The molecule has 2 unspecified atom stereocenters. The van der Waals surface area contributed by atoms with Gasteiger partial charge < -0.3 is 15.9 Å². The van der Waals surface area contributed by atoms with Gasteiger partial charge in [-0.2, -0.15) is 0 Å². The molecule has 2 fully saturated rings. The van der Waals surface area contributed by atoms with Crippen molar-refractivity contribution in [2.75, 3.05) is 0 Å². The van der Waals surface area contributed by atoms with Crippen LogP contribution in [0.1, 0.15) is 36.2 Å². The van der Waals surface area contributed by atoms with Gasteiger partial charge in [0.2, 0.25) is 5.91 Å². The molecule has 186 valence electrons. The molecule has 0 spiro atoms. The molecule has 1 aromatic carbocycles. The summed E-state index contributed by atoms with van der Waals surface area (Å²) in [6.45, 7) is 3.42. The lowest BCUT2D eigenvalue weighted by Crippen LogP contribution is -2.71. The van der Waals surface area contributed by atoms with Crippen LogP contribution >= 0.6 is 0 Å². The van der Waals surface area contributed by atoms with Crippen molar-refractivity contribution >= 4 is 29.0 Å². The van der Waals surface area contributed by atoms with Crippen molar-refractivity contribution < 1.29 is 34.2 Å². The second kappa shape index (κ2) is 8.12. The summed E-state index contributed by atoms with van der Waals surface area (Å²) in [6.07, 6.45) is 4.72. The molecule has 36 heavy (non-hydrogen) atoms. The van der Waals surface area contributed by atoms with Crippen LogP contribution < -0.4 is 5.73 Å². The number of nitrogens with two attached hydrogens (primary N) is 1. The lowest BCUT2D eigenvalue weighted by molar-refractivity contribution is -0.182. The number of aliphatic hydroxyl groups is 1. The number of primary amides is 1. The average Bonchev–Trinajstić information content (AvgIpc) is 2.81. The zero-order valence-electron chi connectivity index (χ0n) is 19.7. The first kappa shape index (κ1) is 23.9. The second-order valence-corrected chi connectivity index (χ2v) is 10.3. The number of Topliss-reactive ketones (excluding diaryl/α,β-unsaturated/α-hetero) is 4. The van der Waals surface area contributed by atoms with Crippen LogP contribution in [0.25, 0.3) is 11.1 Å². The number of aromatic hydroxyl groups is 1. The fraction of sp³-hybridized carbons (Fsp3) is 0.423. The Labute approximate surface area is 205 Å². The predicted molar refractivity (Wildman–Crippen MR) is 123 cm³/mol. The van der Waals surface area contributed by atoms with Crippen LogP contribution in [0.5, 0.6) is 5.75 Å². The maximum Gasteiger partial charge on any atom is 0.235 e. The van der Waals surface area contributed by atoms with Crippen molar-refractivity contribution in [3.05, 3.63) is 42.0 Å². The molecule has 2 saturated carbocycles. The standard InChI is InChI=1S/C26H25N3O7/c1-10(2)17-15-6-11-5-14-13(12-7-28-9-29-8-12)3-4-16(30)19(14)22(32)18(11)23(33)26(15,36)24(34)20(21(17)31)25(27)35/h3-4,7-11,15,17-18,20,30,36H,5-6H2,1-2H3,(H2,27,35)/t11-,15-,17-,18?,20?,26-/m0/s1. The molecular formula is C26H25N3O7. The van der Waals surface area contributed by atoms with Crippen LogP contribution in [0, 0.1) is 35.5 Å². The van der Waals surface area contributed by atoms with Crippen LogP contribution in [0.3, 0.4) is 0 Å². The largest absolute Gasteiger partial charge is 0.507 e. The average molecular weight is 492 g/mol. The zero-order chi connectivity index (χ0) is 26.1. The molecule has 0 aliphatic heterocycles. The third-order valence-electron chi connectivity index (χ3n) is 8.07. The van der Waals surface area contributed by atoms with Gasteiger partial charge in [0.25, 0.3) is 0 Å². The minimum absolute atomic E-state index is 0.0320. The highest BCUT2D eigenvalue weighted by Gasteiger charge is 2.69. The summed E-state index contributed by atoms with van der Waals surface area (Å²) in [6, 6.07) is 2.98. The quantitative estimate of drug-likeness (QED) is 0.520. The number of ketones is 4. The molecule has 10 heteroatoms. The van der Waals surface area contributed by atoms with E-state index in [0.29, 0.717) is 16.7 Å². The Hall–Kier alpha value is -3.79. The first-order chi connectivity index (χ1) is 17.0. The number of fused-ring (bicyclic) bond motifs is 3. The fourth-order valence-electron chi connectivity index (χ4n) is 6.56. The van der Waals surface area contributed by atoms with Crippen LogP contribution in [-0.2, 0) is 25.6 Å². The van der Waals surface area contributed by atoms with Gasteiger partial charge in [-0.05, 0) is 41.9 Å². The van der Waals surface area contributed by atoms with Crippen molar-refractivity contribution in [1.29, 1.82) is 0 Å². The normalized spacial score (nSPS) is 31.6. The summed E-state index contributed by atoms with van der Waals surface area (Å²) in [7, 11) is 0. The highest BCUT2D eigenvalue weighted by Crippen LogP contribution is 2.53. The number of carbonyl (C=O) groups is 5. The van der Waals surface area contributed by atoms with Crippen LogP contribution in [0.4, 0.5) is 0 Å². The van der Waals surface area contributed by atoms with Crippen molar-refractivity contribution in [2.45, 2.75) is 32.3 Å². The van der Waals surface area contributed by atoms with E-state index >= 15 is 0 Å². The van der Waals surface area contributed by atoms with Gasteiger partial charge in [-0.3, -0.25) is 24.0 Å². The Morgan fingerprint density at radius 1 is 1.11 bits per heavy atom. The van der Waals surface area contributed by atoms with Gasteiger partial charge in [0.05, 0.1) is 11.5 Å². The van der Waals surface area contributed by atoms with Crippen molar-refractivity contribution in [1.82, 2.24) is 9.97 Å². The summed E-state index contributed by atoms with van der Waals surface area (Å²) in [5, 5.41) is 22.2. The van der Waals surface area contributed by atoms with E-state index in [0.717, 1.165) is 0 Å². The molecule has 0 bridgehead atoms. The Morgan fingerprint density at radius 3 is 2.39 bits per heavy atom. The number of amides is 1. The Bertz CT molecular complexity index is 1340. The maximum atomic E-state index is 13.8. The van der Waals surface area contributed by atoms with E-state index in [4.69, 9.17) is 5.73 Å². The van der Waals surface area contributed by atoms with Gasteiger partial charge in [0.15, 0.2) is 34.7 Å². The van der Waals surface area contributed by atoms with E-state index in [2.05, 4.69) is 9.97 Å². The van der Waals surface area contributed by atoms with E-state index in [9.17, 15) is 34.2 Å². The third-order valence-corrected chi connectivity index (χ3v) is 8.07. The summed E-state index contributed by atoms with van der Waals surface area (Å²) in [5.74, 6) is -11.7. The van der Waals surface area contributed by atoms with Crippen LogP contribution in [-0.4, -0.2) is 54.8 Å². The number of carbonyl (C=O) groups excluding carboxylic acids is 5. The lowest BCUT2D eigenvalue weighted by atomic mass is 9.49. The molecule has 5 rings (SSSR count). The molecule has 6 atom stereocenters. The number of phenols is 1. The Morgan fingerprint density at radius 2 is 1.78 bits per heavy atom. The molecule has 0 radical (unpaired) electrons. The minimum atomic E-state index is -2.70. The molecule has 1 aromatic heterocycles. The van der Waals surface area contributed by atoms with Crippen molar-refractivity contribution in [3.8, 4) is 16.9 Å². The van der Waals surface area contributed by atoms with Gasteiger partial charge in [0.1, 0.15) is 12.1 Å². The second-order valence-electron chi connectivity index (χ2n) is 10.3. The lowest BCUT2D eigenvalue weighted by Gasteiger charge is -2.52. The van der Waals surface area contributed by atoms with E-state index in [1.165, 1.54) is 12.4 Å². The number of benzene rings is 1. The summed E-state index contributed by atoms with van der Waals surface area (Å²) in [5.41, 5.74) is 4.33. The summed E-state index contributed by atoms with van der Waals surface area (Å²) < 4.78 is 0. The third kappa shape index (κ3) is 3.10. The number of hydrogen-bond acceptors (Lipinski definition) is 9. The van der Waals surface area contributed by atoms with Gasteiger partial charge >= 0.3 is 0 Å². The fourth-order valence-corrected chi connectivity index (χ4v) is 6.56. The molecule has 3 aliphatic rings. The molecule has 1 heterocycles. The van der Waals surface area contributed by atoms with Crippen LogP contribution in [0.2, 0.25) is 0 Å². The number of rotatable bonds is 3. The molecule has 1 amide bonds. The van der Waals surface area contributed by atoms with Crippen molar-refractivity contribution in [2.24, 2.45) is 41.2 Å². The number of hydrogen-bond donors (Lipinski definition) is 3. The van der Waals surface area contributed by atoms with Gasteiger partial charge in [-0.1, -0.05) is 19.9 Å². The van der Waals surface area contributed by atoms with E-state index in [1.807, 2.05) is 0 Å². The highest BCUT2D eigenvalue weighted by molar-refractivity contribution is 6.32. The molecule has 2 aromatic rings. The van der Waals surface area contributed by atoms with E-state index in [1.54, 1.807) is 32.3 Å². The maximum absolute atomic E-state index is 13.8. The topological polar surface area (TPSA) is 178 Å².